The number of benzene rings is 2. The summed E-state index contributed by atoms with van der Waals surface area (Å²) >= 11 is 1.36. The second kappa shape index (κ2) is 8.77. The highest BCUT2D eigenvalue weighted by Crippen LogP contribution is 2.32. The molecule has 0 bridgehead atoms. The number of thiazole rings is 1. The zero-order valence-corrected chi connectivity index (χ0v) is 16.3. The Labute approximate surface area is 171 Å². The molecule has 29 heavy (non-hydrogen) atoms. The van der Waals surface area contributed by atoms with Crippen molar-refractivity contribution in [3.8, 4) is 11.3 Å². The molecule has 8 heteroatoms. The number of carbonyl (C=O) groups is 1. The second-order valence-corrected chi connectivity index (χ2v) is 7.71. The summed E-state index contributed by atoms with van der Waals surface area (Å²) in [5, 5.41) is 3.02. The Balaban J connectivity index is 1.60. The fraction of sp³-hybridized carbons (Fsp3) is 0.238. The molecule has 150 valence electrons. The van der Waals surface area contributed by atoms with Gasteiger partial charge in [0.2, 0.25) is 0 Å². The minimum Gasteiger partial charge on any atom is -0.379 e. The molecule has 1 amide bonds. The fourth-order valence-electron chi connectivity index (χ4n) is 3.13. The van der Waals surface area contributed by atoms with E-state index in [1.54, 1.807) is 0 Å². The van der Waals surface area contributed by atoms with Crippen LogP contribution < -0.4 is 5.32 Å². The van der Waals surface area contributed by atoms with E-state index in [2.05, 4.69) is 15.2 Å². The zero-order valence-electron chi connectivity index (χ0n) is 15.5. The molecule has 0 unspecified atom stereocenters. The smallest absolute Gasteiger partial charge is 0.260 e. The lowest BCUT2D eigenvalue weighted by Gasteiger charge is -2.26. The van der Waals surface area contributed by atoms with E-state index in [0.29, 0.717) is 31.0 Å². The first-order valence-corrected chi connectivity index (χ1v) is 10.0. The highest BCUT2D eigenvalue weighted by atomic mass is 32.1. The minimum absolute atomic E-state index is 0.224. The van der Waals surface area contributed by atoms with Gasteiger partial charge in [-0.1, -0.05) is 41.7 Å². The first kappa shape index (κ1) is 19.6. The maximum atomic E-state index is 13.9. The summed E-state index contributed by atoms with van der Waals surface area (Å²) in [6.45, 7) is 3.72. The predicted molar refractivity (Wildman–Crippen MR) is 108 cm³/mol. The third-order valence-corrected chi connectivity index (χ3v) is 5.57. The summed E-state index contributed by atoms with van der Waals surface area (Å²) in [5.41, 5.74) is 1.51. The molecule has 1 saturated heterocycles. The molecule has 3 aromatic rings. The lowest BCUT2D eigenvalue weighted by molar-refractivity contribution is 0.0347. The van der Waals surface area contributed by atoms with Crippen molar-refractivity contribution in [3.63, 3.8) is 0 Å². The summed E-state index contributed by atoms with van der Waals surface area (Å²) < 4.78 is 32.4. The van der Waals surface area contributed by atoms with Crippen LogP contribution in [0.2, 0.25) is 0 Å². The summed E-state index contributed by atoms with van der Waals surface area (Å²) in [6, 6.07) is 12.6. The van der Waals surface area contributed by atoms with Crippen molar-refractivity contribution >= 4 is 22.4 Å². The van der Waals surface area contributed by atoms with Gasteiger partial charge in [-0.3, -0.25) is 15.0 Å². The van der Waals surface area contributed by atoms with E-state index in [9.17, 15) is 13.6 Å². The minimum atomic E-state index is -0.907. The first-order valence-electron chi connectivity index (χ1n) is 9.22. The summed E-state index contributed by atoms with van der Waals surface area (Å²) in [4.78, 5) is 20.3. The number of rotatable bonds is 5. The molecule has 1 fully saturated rings. The van der Waals surface area contributed by atoms with Gasteiger partial charge in [0.05, 0.1) is 24.5 Å². The van der Waals surface area contributed by atoms with Crippen LogP contribution >= 0.6 is 11.3 Å². The second-order valence-electron chi connectivity index (χ2n) is 6.62. The average molecular weight is 415 g/mol. The van der Waals surface area contributed by atoms with Crippen LogP contribution in [0, 0.1) is 11.6 Å². The lowest BCUT2D eigenvalue weighted by atomic mass is 10.1. The van der Waals surface area contributed by atoms with Gasteiger partial charge < -0.3 is 4.74 Å². The number of aromatic nitrogens is 1. The van der Waals surface area contributed by atoms with Crippen molar-refractivity contribution in [2.45, 2.75) is 6.54 Å². The van der Waals surface area contributed by atoms with E-state index < -0.39 is 17.5 Å². The maximum absolute atomic E-state index is 13.9. The van der Waals surface area contributed by atoms with Crippen molar-refractivity contribution in [1.29, 1.82) is 0 Å². The van der Waals surface area contributed by atoms with E-state index in [1.807, 2.05) is 30.3 Å². The van der Waals surface area contributed by atoms with Gasteiger partial charge in [-0.25, -0.2) is 13.8 Å². The monoisotopic (exact) mass is 415 g/mol. The SMILES string of the molecule is O=C(Nc1nc(-c2ccccc2)c(CN2CCOCC2)s1)c1ccc(F)cc1F. The normalized spacial score (nSPS) is 14.7. The topological polar surface area (TPSA) is 54.5 Å². The third kappa shape index (κ3) is 4.67. The Kier molecular flexibility index (Phi) is 5.94. The molecular weight excluding hydrogens is 396 g/mol. The number of nitrogens with zero attached hydrogens (tertiary/aromatic N) is 2. The quantitative estimate of drug-likeness (QED) is 0.680. The molecule has 1 aromatic heterocycles. The summed E-state index contributed by atoms with van der Waals surface area (Å²) in [6.07, 6.45) is 0. The van der Waals surface area contributed by atoms with E-state index in [1.165, 1.54) is 11.3 Å². The largest absolute Gasteiger partial charge is 0.379 e. The van der Waals surface area contributed by atoms with Crippen LogP contribution in [0.15, 0.2) is 48.5 Å². The Morgan fingerprint density at radius 2 is 1.90 bits per heavy atom. The number of hydrogen-bond donors (Lipinski definition) is 1. The average Bonchev–Trinajstić information content (AvgIpc) is 3.11. The van der Waals surface area contributed by atoms with Crippen LogP contribution in [0.1, 0.15) is 15.2 Å². The number of hydrogen-bond acceptors (Lipinski definition) is 5. The van der Waals surface area contributed by atoms with Gasteiger partial charge in [0, 0.05) is 36.1 Å². The Hall–Kier alpha value is -2.68. The molecule has 1 aliphatic rings. The van der Waals surface area contributed by atoms with E-state index in [4.69, 9.17) is 4.74 Å². The van der Waals surface area contributed by atoms with Crippen LogP contribution in [0.5, 0.6) is 0 Å². The van der Waals surface area contributed by atoms with Crippen molar-refractivity contribution in [3.05, 3.63) is 70.6 Å². The van der Waals surface area contributed by atoms with E-state index >= 15 is 0 Å². The van der Waals surface area contributed by atoms with Gasteiger partial charge in [-0.05, 0) is 12.1 Å². The standard InChI is InChI=1S/C21H19F2N3O2S/c22-15-6-7-16(17(23)12-15)20(27)25-21-24-19(14-4-2-1-3-5-14)18(29-21)13-26-8-10-28-11-9-26/h1-7,12H,8-11,13H2,(H,24,25,27). The molecule has 0 radical (unpaired) electrons. The Morgan fingerprint density at radius 3 is 2.62 bits per heavy atom. The van der Waals surface area contributed by atoms with Crippen molar-refractivity contribution in [1.82, 2.24) is 9.88 Å². The predicted octanol–water partition coefficient (Wildman–Crippen LogP) is 4.17. The van der Waals surface area contributed by atoms with Crippen molar-refractivity contribution in [2.75, 3.05) is 31.6 Å². The summed E-state index contributed by atoms with van der Waals surface area (Å²) in [5.74, 6) is -2.29. The number of nitrogens with one attached hydrogen (secondary N) is 1. The van der Waals surface area contributed by atoms with Gasteiger partial charge in [0.1, 0.15) is 11.6 Å². The molecule has 1 aliphatic heterocycles. The van der Waals surface area contributed by atoms with Gasteiger partial charge in [-0.2, -0.15) is 0 Å². The molecule has 0 saturated carbocycles. The van der Waals surface area contributed by atoms with Crippen LogP contribution in [0.25, 0.3) is 11.3 Å². The number of amides is 1. The molecule has 5 nitrogen and oxygen atoms in total. The highest BCUT2D eigenvalue weighted by molar-refractivity contribution is 7.16. The van der Waals surface area contributed by atoms with Crippen LogP contribution in [0.3, 0.4) is 0 Å². The molecule has 0 aliphatic carbocycles. The van der Waals surface area contributed by atoms with Gasteiger partial charge >= 0.3 is 0 Å². The van der Waals surface area contributed by atoms with Crippen molar-refractivity contribution < 1.29 is 18.3 Å². The van der Waals surface area contributed by atoms with Gasteiger partial charge in [-0.15, -0.1) is 0 Å². The molecule has 4 rings (SSSR count). The Bertz CT molecular complexity index is 1000. The van der Waals surface area contributed by atoms with Gasteiger partial charge in [0.15, 0.2) is 5.13 Å². The molecule has 2 heterocycles. The van der Waals surface area contributed by atoms with Crippen LogP contribution in [-0.4, -0.2) is 42.1 Å². The number of halogens is 2. The summed E-state index contributed by atoms with van der Waals surface area (Å²) in [7, 11) is 0. The number of carbonyl (C=O) groups excluding carboxylic acids is 1. The molecule has 2 aromatic carbocycles. The van der Waals surface area contributed by atoms with Gasteiger partial charge in [0.25, 0.3) is 5.91 Å². The fourth-order valence-corrected chi connectivity index (χ4v) is 4.16. The Morgan fingerprint density at radius 1 is 1.14 bits per heavy atom. The maximum Gasteiger partial charge on any atom is 0.260 e. The first-order chi connectivity index (χ1) is 14.1. The zero-order chi connectivity index (χ0) is 20.2. The molecule has 0 atom stereocenters. The van der Waals surface area contributed by atoms with Crippen LogP contribution in [0.4, 0.5) is 13.9 Å². The third-order valence-electron chi connectivity index (χ3n) is 4.61. The molecule has 1 N–H and O–H groups in total. The number of morpholine rings is 1. The van der Waals surface area contributed by atoms with Crippen LogP contribution in [-0.2, 0) is 11.3 Å². The number of anilines is 1. The van der Waals surface area contributed by atoms with Crippen molar-refractivity contribution in [2.24, 2.45) is 0 Å². The number of ether oxygens (including phenoxy) is 1. The van der Waals surface area contributed by atoms with E-state index in [0.717, 1.165) is 41.4 Å². The highest BCUT2D eigenvalue weighted by Gasteiger charge is 2.20. The lowest BCUT2D eigenvalue weighted by Crippen LogP contribution is -2.35. The molecular formula is C21H19F2N3O2S. The molecule has 0 spiro atoms. The van der Waals surface area contributed by atoms with E-state index in [-0.39, 0.29) is 5.56 Å².